The topological polar surface area (TPSA) is 37.5 Å². The lowest BCUT2D eigenvalue weighted by Gasteiger charge is -2.18. The highest BCUT2D eigenvalue weighted by atomic mass is 35.5. The molecule has 2 aromatic heterocycles. The third-order valence-electron chi connectivity index (χ3n) is 3.40. The summed E-state index contributed by atoms with van der Waals surface area (Å²) in [6.07, 6.45) is 3.50. The van der Waals surface area contributed by atoms with Crippen molar-refractivity contribution in [3.63, 3.8) is 0 Å². The van der Waals surface area contributed by atoms with E-state index in [-0.39, 0.29) is 5.92 Å². The zero-order valence-electron chi connectivity index (χ0n) is 11.9. The zero-order valence-corrected chi connectivity index (χ0v) is 12.6. The van der Waals surface area contributed by atoms with Crippen molar-refractivity contribution in [2.45, 2.75) is 45.6 Å². The van der Waals surface area contributed by atoms with E-state index in [1.165, 1.54) is 5.56 Å². The summed E-state index contributed by atoms with van der Waals surface area (Å²) in [4.78, 5) is 4.51. The summed E-state index contributed by atoms with van der Waals surface area (Å²) in [5.41, 5.74) is 3.72. The van der Waals surface area contributed by atoms with Crippen LogP contribution in [-0.4, -0.2) is 14.5 Å². The average molecular weight is 281 g/mol. The SMILES string of the molecule is CC(C)c1cc(C(O)C(C)C)c2nc(CCl)cn2c1. The lowest BCUT2D eigenvalue weighted by atomic mass is 9.96. The maximum absolute atomic E-state index is 10.4. The van der Waals surface area contributed by atoms with Gasteiger partial charge in [-0.2, -0.15) is 0 Å². The molecule has 0 saturated carbocycles. The molecule has 0 aromatic carbocycles. The molecule has 0 aliphatic rings. The number of aliphatic hydroxyl groups excluding tert-OH is 1. The zero-order chi connectivity index (χ0) is 14.2. The van der Waals surface area contributed by atoms with E-state index in [1.54, 1.807) is 0 Å². The van der Waals surface area contributed by atoms with Crippen molar-refractivity contribution in [1.29, 1.82) is 0 Å². The van der Waals surface area contributed by atoms with Gasteiger partial charge in [-0.3, -0.25) is 0 Å². The lowest BCUT2D eigenvalue weighted by Crippen LogP contribution is -2.09. The summed E-state index contributed by atoms with van der Waals surface area (Å²) in [6.45, 7) is 8.31. The summed E-state index contributed by atoms with van der Waals surface area (Å²) in [6, 6.07) is 2.07. The molecule has 1 atom stereocenters. The second kappa shape index (κ2) is 5.51. The van der Waals surface area contributed by atoms with Gasteiger partial charge in [-0.25, -0.2) is 4.98 Å². The molecule has 2 aromatic rings. The number of hydrogen-bond acceptors (Lipinski definition) is 2. The van der Waals surface area contributed by atoms with Crippen molar-refractivity contribution < 1.29 is 5.11 Å². The fourth-order valence-corrected chi connectivity index (χ4v) is 2.28. The standard InChI is InChI=1S/C15H21ClN2O/c1-9(2)11-5-13(14(19)10(3)4)15-17-12(6-16)8-18(15)7-11/h5,7-10,14,19H,6H2,1-4H3. The summed E-state index contributed by atoms with van der Waals surface area (Å²) >= 11 is 5.86. The Morgan fingerprint density at radius 2 is 1.95 bits per heavy atom. The molecule has 0 aliphatic heterocycles. The van der Waals surface area contributed by atoms with Crippen LogP contribution in [0.5, 0.6) is 0 Å². The number of rotatable bonds is 4. The molecule has 104 valence electrons. The number of aliphatic hydroxyl groups is 1. The normalized spacial score (nSPS) is 13.7. The van der Waals surface area contributed by atoms with E-state index in [9.17, 15) is 5.11 Å². The van der Waals surface area contributed by atoms with E-state index < -0.39 is 6.10 Å². The molecule has 2 heterocycles. The molecule has 3 nitrogen and oxygen atoms in total. The van der Waals surface area contributed by atoms with Crippen LogP contribution in [0.3, 0.4) is 0 Å². The van der Waals surface area contributed by atoms with Crippen molar-refractivity contribution in [1.82, 2.24) is 9.38 Å². The van der Waals surface area contributed by atoms with Crippen molar-refractivity contribution in [3.05, 3.63) is 35.3 Å². The molecule has 4 heteroatoms. The number of nitrogens with zero attached hydrogens (tertiary/aromatic N) is 2. The lowest BCUT2D eigenvalue weighted by molar-refractivity contribution is 0.127. The highest BCUT2D eigenvalue weighted by Crippen LogP contribution is 2.28. The van der Waals surface area contributed by atoms with Gasteiger partial charge in [0.2, 0.25) is 0 Å². The number of hydrogen-bond donors (Lipinski definition) is 1. The molecular weight excluding hydrogens is 260 g/mol. The van der Waals surface area contributed by atoms with E-state index >= 15 is 0 Å². The predicted octanol–water partition coefficient (Wildman–Crippen LogP) is 3.89. The first-order valence-corrected chi connectivity index (χ1v) is 7.23. The molecule has 0 saturated heterocycles. The van der Waals surface area contributed by atoms with E-state index in [0.717, 1.165) is 16.9 Å². The van der Waals surface area contributed by atoms with Crippen molar-refractivity contribution in [3.8, 4) is 0 Å². The molecule has 0 fully saturated rings. The first kappa shape index (κ1) is 14.4. The van der Waals surface area contributed by atoms with Crippen LogP contribution in [0.25, 0.3) is 5.65 Å². The number of aromatic nitrogens is 2. The summed E-state index contributed by atoms with van der Waals surface area (Å²) in [5.74, 6) is 0.947. The van der Waals surface area contributed by atoms with Crippen LogP contribution in [0, 0.1) is 5.92 Å². The van der Waals surface area contributed by atoms with Crippen LogP contribution < -0.4 is 0 Å². The van der Waals surface area contributed by atoms with Gasteiger partial charge in [0.25, 0.3) is 0 Å². The van der Waals surface area contributed by atoms with Crippen LogP contribution >= 0.6 is 11.6 Å². The fraction of sp³-hybridized carbons (Fsp3) is 0.533. The first-order chi connectivity index (χ1) is 8.93. The molecular formula is C15H21ClN2O. The van der Waals surface area contributed by atoms with E-state index in [1.807, 2.05) is 24.4 Å². The smallest absolute Gasteiger partial charge is 0.142 e. The number of imidazole rings is 1. The minimum atomic E-state index is -0.508. The average Bonchev–Trinajstić information content (AvgIpc) is 2.79. The van der Waals surface area contributed by atoms with E-state index in [2.05, 4.69) is 31.1 Å². The number of alkyl halides is 1. The van der Waals surface area contributed by atoms with Gasteiger partial charge in [0, 0.05) is 18.0 Å². The van der Waals surface area contributed by atoms with Crippen molar-refractivity contribution in [2.75, 3.05) is 0 Å². The van der Waals surface area contributed by atoms with Crippen LogP contribution in [0.2, 0.25) is 0 Å². The number of halogens is 1. The van der Waals surface area contributed by atoms with Gasteiger partial charge >= 0.3 is 0 Å². The maximum atomic E-state index is 10.4. The molecule has 2 rings (SSSR count). The molecule has 0 bridgehead atoms. The van der Waals surface area contributed by atoms with Crippen LogP contribution in [-0.2, 0) is 5.88 Å². The number of pyridine rings is 1. The summed E-state index contributed by atoms with van der Waals surface area (Å²) in [5, 5.41) is 10.4. The molecule has 0 radical (unpaired) electrons. The Hall–Kier alpha value is -1.06. The third kappa shape index (κ3) is 2.77. The fourth-order valence-electron chi connectivity index (χ4n) is 2.16. The Morgan fingerprint density at radius 1 is 1.26 bits per heavy atom. The van der Waals surface area contributed by atoms with Gasteiger partial charge in [-0.15, -0.1) is 11.6 Å². The molecule has 1 unspecified atom stereocenters. The monoisotopic (exact) mass is 280 g/mol. The Bertz CT molecular complexity index is 575. The Labute approximate surface area is 119 Å². The van der Waals surface area contributed by atoms with Gasteiger partial charge < -0.3 is 9.51 Å². The van der Waals surface area contributed by atoms with Gasteiger partial charge in [0.05, 0.1) is 17.7 Å². The first-order valence-electron chi connectivity index (χ1n) is 6.69. The molecule has 0 aliphatic carbocycles. The summed E-state index contributed by atoms with van der Waals surface area (Å²) < 4.78 is 1.98. The van der Waals surface area contributed by atoms with Gasteiger partial charge in [0.15, 0.2) is 0 Å². The quantitative estimate of drug-likeness (QED) is 0.863. The summed E-state index contributed by atoms with van der Waals surface area (Å²) in [7, 11) is 0. The van der Waals surface area contributed by atoms with Gasteiger partial charge in [0.1, 0.15) is 5.65 Å². The minimum absolute atomic E-state index is 0.155. The van der Waals surface area contributed by atoms with E-state index in [0.29, 0.717) is 11.8 Å². The molecule has 0 amide bonds. The van der Waals surface area contributed by atoms with Crippen molar-refractivity contribution >= 4 is 17.2 Å². The largest absolute Gasteiger partial charge is 0.388 e. The minimum Gasteiger partial charge on any atom is -0.388 e. The Balaban J connectivity index is 2.66. The molecule has 1 N–H and O–H groups in total. The van der Waals surface area contributed by atoms with Crippen LogP contribution in [0.1, 0.15) is 56.5 Å². The third-order valence-corrected chi connectivity index (χ3v) is 3.68. The van der Waals surface area contributed by atoms with E-state index in [4.69, 9.17) is 11.6 Å². The van der Waals surface area contributed by atoms with Crippen LogP contribution in [0.4, 0.5) is 0 Å². The van der Waals surface area contributed by atoms with Crippen molar-refractivity contribution in [2.24, 2.45) is 5.92 Å². The second-order valence-corrected chi connectivity index (χ2v) is 5.94. The molecule has 0 spiro atoms. The second-order valence-electron chi connectivity index (χ2n) is 5.67. The highest BCUT2D eigenvalue weighted by Gasteiger charge is 2.19. The maximum Gasteiger partial charge on any atom is 0.142 e. The predicted molar refractivity (Wildman–Crippen MR) is 78.6 cm³/mol. The Morgan fingerprint density at radius 3 is 2.47 bits per heavy atom. The highest BCUT2D eigenvalue weighted by molar-refractivity contribution is 6.16. The number of fused-ring (bicyclic) bond motifs is 1. The Kier molecular flexibility index (Phi) is 4.16. The molecule has 19 heavy (non-hydrogen) atoms. The van der Waals surface area contributed by atoms with Crippen LogP contribution in [0.15, 0.2) is 18.5 Å². The van der Waals surface area contributed by atoms with Gasteiger partial charge in [-0.05, 0) is 23.5 Å². The van der Waals surface area contributed by atoms with Gasteiger partial charge in [-0.1, -0.05) is 27.7 Å².